The smallest absolute Gasteiger partial charge is 0.247 e. The van der Waals surface area contributed by atoms with Crippen molar-refractivity contribution < 1.29 is 14.2 Å². The molecule has 0 aliphatic heterocycles. The molecular formula is C12H25O3PS2. The van der Waals surface area contributed by atoms with E-state index in [4.69, 9.17) is 20.9 Å². The standard InChI is InChI=1S/C12H25O3PS2/c1-3-9-14-16(17,15-10-4-2)18-12-8-6-5-7-11(12)13/h11-13H,3-10H2,1-2H3/t11-,12-/m0/s1. The first-order valence-electron chi connectivity index (χ1n) is 6.87. The number of aliphatic hydroxyl groups is 1. The molecule has 18 heavy (non-hydrogen) atoms. The molecule has 0 aromatic rings. The summed E-state index contributed by atoms with van der Waals surface area (Å²) in [5.74, 6) is 0. The second-order valence-electron chi connectivity index (χ2n) is 4.61. The van der Waals surface area contributed by atoms with E-state index >= 15 is 0 Å². The molecule has 1 N–H and O–H groups in total. The molecule has 0 spiro atoms. The molecular weight excluding hydrogens is 287 g/mol. The van der Waals surface area contributed by atoms with Crippen molar-refractivity contribution in [3.05, 3.63) is 0 Å². The summed E-state index contributed by atoms with van der Waals surface area (Å²) in [5.41, 5.74) is -2.27. The summed E-state index contributed by atoms with van der Waals surface area (Å²) in [6.45, 7) is 5.44. The topological polar surface area (TPSA) is 38.7 Å². The van der Waals surface area contributed by atoms with Gasteiger partial charge in [-0.3, -0.25) is 0 Å². The zero-order chi connectivity index (χ0) is 13.4. The monoisotopic (exact) mass is 312 g/mol. The van der Waals surface area contributed by atoms with Gasteiger partial charge < -0.3 is 14.2 Å². The van der Waals surface area contributed by atoms with Crippen molar-refractivity contribution in [1.29, 1.82) is 0 Å². The van der Waals surface area contributed by atoms with Crippen LogP contribution in [0.5, 0.6) is 0 Å². The Morgan fingerprint density at radius 3 is 2.22 bits per heavy atom. The lowest BCUT2D eigenvalue weighted by molar-refractivity contribution is 0.137. The Labute approximate surface area is 120 Å². The van der Waals surface area contributed by atoms with Crippen LogP contribution in [0.3, 0.4) is 0 Å². The molecule has 0 aromatic carbocycles. The normalized spacial score (nSPS) is 25.3. The van der Waals surface area contributed by atoms with E-state index in [-0.39, 0.29) is 11.4 Å². The molecule has 6 heteroatoms. The van der Waals surface area contributed by atoms with Gasteiger partial charge >= 0.3 is 0 Å². The lowest BCUT2D eigenvalue weighted by Gasteiger charge is -2.31. The molecule has 1 aliphatic carbocycles. The summed E-state index contributed by atoms with van der Waals surface area (Å²) in [6.07, 6.45) is 5.84. The fourth-order valence-electron chi connectivity index (χ4n) is 1.87. The molecule has 1 fully saturated rings. The van der Waals surface area contributed by atoms with Gasteiger partial charge in [-0.1, -0.05) is 38.1 Å². The van der Waals surface area contributed by atoms with Crippen LogP contribution in [-0.4, -0.2) is 29.7 Å². The third kappa shape index (κ3) is 5.89. The Balaban J connectivity index is 2.55. The molecule has 0 aromatic heterocycles. The van der Waals surface area contributed by atoms with Crippen molar-refractivity contribution in [2.45, 2.75) is 63.7 Å². The van der Waals surface area contributed by atoms with Gasteiger partial charge in [0, 0.05) is 5.25 Å². The van der Waals surface area contributed by atoms with Crippen molar-refractivity contribution >= 4 is 28.9 Å². The Kier molecular flexibility index (Phi) is 8.40. The Hall–Kier alpha value is 0.880. The summed E-state index contributed by atoms with van der Waals surface area (Å²) >= 11 is 7.17. The summed E-state index contributed by atoms with van der Waals surface area (Å²) in [6, 6.07) is 0. The van der Waals surface area contributed by atoms with E-state index in [1.54, 1.807) is 11.4 Å². The van der Waals surface area contributed by atoms with Crippen LogP contribution in [0.1, 0.15) is 52.4 Å². The quantitative estimate of drug-likeness (QED) is 0.683. The van der Waals surface area contributed by atoms with Crippen LogP contribution in [0.2, 0.25) is 0 Å². The second-order valence-corrected chi connectivity index (χ2v) is 11.0. The van der Waals surface area contributed by atoms with Gasteiger partial charge in [-0.05, 0) is 37.5 Å². The van der Waals surface area contributed by atoms with Gasteiger partial charge in [0.1, 0.15) is 0 Å². The van der Waals surface area contributed by atoms with Crippen LogP contribution in [0.15, 0.2) is 0 Å². The molecule has 3 nitrogen and oxygen atoms in total. The molecule has 0 bridgehead atoms. The number of aliphatic hydroxyl groups excluding tert-OH is 1. The van der Waals surface area contributed by atoms with Crippen LogP contribution in [0.4, 0.5) is 0 Å². The van der Waals surface area contributed by atoms with E-state index in [0.717, 1.165) is 32.1 Å². The molecule has 0 heterocycles. The van der Waals surface area contributed by atoms with E-state index in [1.807, 2.05) is 0 Å². The number of rotatable bonds is 8. The largest absolute Gasteiger partial charge is 0.392 e. The number of hydrogen-bond donors (Lipinski definition) is 1. The van der Waals surface area contributed by atoms with Crippen molar-refractivity contribution in [3.8, 4) is 0 Å². The van der Waals surface area contributed by atoms with Crippen molar-refractivity contribution in [2.24, 2.45) is 0 Å². The lowest BCUT2D eigenvalue weighted by Crippen LogP contribution is -2.26. The SMILES string of the molecule is CCCOP(=S)(OCCC)S[C@H]1CCCC[C@@H]1O. The molecule has 0 saturated heterocycles. The minimum absolute atomic E-state index is 0.193. The minimum Gasteiger partial charge on any atom is -0.392 e. The van der Waals surface area contributed by atoms with Crippen LogP contribution in [-0.2, 0) is 20.9 Å². The summed E-state index contributed by atoms with van der Waals surface area (Å²) < 4.78 is 11.6. The molecule has 1 aliphatic rings. The van der Waals surface area contributed by atoms with Gasteiger partial charge in [-0.25, -0.2) is 0 Å². The number of hydrogen-bond acceptors (Lipinski definition) is 5. The fraction of sp³-hybridized carbons (Fsp3) is 1.00. The van der Waals surface area contributed by atoms with E-state index in [0.29, 0.717) is 13.2 Å². The van der Waals surface area contributed by atoms with Gasteiger partial charge in [0.2, 0.25) is 5.69 Å². The van der Waals surface area contributed by atoms with E-state index < -0.39 is 5.69 Å². The zero-order valence-corrected chi connectivity index (χ0v) is 13.9. The molecule has 2 atom stereocenters. The fourth-order valence-corrected chi connectivity index (χ4v) is 7.75. The highest BCUT2D eigenvalue weighted by molar-refractivity contribution is 8.68. The maximum Gasteiger partial charge on any atom is 0.247 e. The van der Waals surface area contributed by atoms with Crippen molar-refractivity contribution in [2.75, 3.05) is 13.2 Å². The molecule has 0 amide bonds. The average Bonchev–Trinajstić information content (AvgIpc) is 2.37. The van der Waals surface area contributed by atoms with E-state index in [1.165, 1.54) is 6.42 Å². The van der Waals surface area contributed by atoms with Crippen LogP contribution in [0.25, 0.3) is 0 Å². The minimum atomic E-state index is -2.27. The van der Waals surface area contributed by atoms with Gasteiger partial charge in [-0.15, -0.1) is 0 Å². The van der Waals surface area contributed by atoms with Crippen LogP contribution in [0, 0.1) is 0 Å². The average molecular weight is 312 g/mol. The van der Waals surface area contributed by atoms with Gasteiger partial charge in [-0.2, -0.15) is 0 Å². The molecule has 0 unspecified atom stereocenters. The first-order chi connectivity index (χ1) is 8.61. The lowest BCUT2D eigenvalue weighted by atomic mass is 9.97. The van der Waals surface area contributed by atoms with Crippen LogP contribution >= 0.6 is 17.1 Å². The highest BCUT2D eigenvalue weighted by Gasteiger charge is 2.31. The highest BCUT2D eigenvalue weighted by Crippen LogP contribution is 2.64. The summed E-state index contributed by atoms with van der Waals surface area (Å²) in [7, 11) is 0. The Morgan fingerprint density at radius 2 is 1.72 bits per heavy atom. The maximum absolute atomic E-state index is 10.0. The molecule has 0 radical (unpaired) electrons. The zero-order valence-electron chi connectivity index (χ0n) is 11.3. The molecule has 108 valence electrons. The third-order valence-corrected chi connectivity index (χ3v) is 8.54. The molecule has 1 rings (SSSR count). The van der Waals surface area contributed by atoms with Gasteiger partial charge in [0.25, 0.3) is 0 Å². The second kappa shape index (κ2) is 8.93. The van der Waals surface area contributed by atoms with Gasteiger partial charge in [0.15, 0.2) is 0 Å². The summed E-state index contributed by atoms with van der Waals surface area (Å²) in [5, 5.41) is 10.2. The maximum atomic E-state index is 10.0. The highest BCUT2D eigenvalue weighted by atomic mass is 32.9. The Bertz CT molecular complexity index is 264. The summed E-state index contributed by atoms with van der Waals surface area (Å²) in [4.78, 5) is 0. The Morgan fingerprint density at radius 1 is 1.17 bits per heavy atom. The predicted molar refractivity (Wildman–Crippen MR) is 82.6 cm³/mol. The first kappa shape index (κ1) is 16.9. The predicted octanol–water partition coefficient (Wildman–Crippen LogP) is 4.10. The first-order valence-corrected chi connectivity index (χ1v) is 11.0. The van der Waals surface area contributed by atoms with E-state index in [2.05, 4.69) is 13.8 Å². The third-order valence-electron chi connectivity index (χ3n) is 2.84. The van der Waals surface area contributed by atoms with E-state index in [9.17, 15) is 5.11 Å². The van der Waals surface area contributed by atoms with Gasteiger partial charge in [0.05, 0.1) is 19.3 Å². The molecule has 1 saturated carbocycles. The van der Waals surface area contributed by atoms with Crippen molar-refractivity contribution in [3.63, 3.8) is 0 Å². The van der Waals surface area contributed by atoms with Crippen LogP contribution < -0.4 is 0 Å². The van der Waals surface area contributed by atoms with Crippen molar-refractivity contribution in [1.82, 2.24) is 0 Å².